The summed E-state index contributed by atoms with van der Waals surface area (Å²) in [7, 11) is 1.25. The SMILES string of the molecule is COC(=O)Cc1ccc(C(C)NC(=O)/C(C(=N)C(F)(F)F)=C2/NCCN2Cc2ccc(C(F)(F)F)cc2)cc1. The van der Waals surface area contributed by atoms with Gasteiger partial charge in [0.15, 0.2) is 5.71 Å². The molecule has 0 aromatic heterocycles. The van der Waals surface area contributed by atoms with Crippen molar-refractivity contribution in [3.05, 3.63) is 82.2 Å². The zero-order valence-corrected chi connectivity index (χ0v) is 21.0. The predicted octanol–water partition coefficient (Wildman–Crippen LogP) is 4.50. The van der Waals surface area contributed by atoms with Crippen molar-refractivity contribution in [1.82, 2.24) is 15.5 Å². The van der Waals surface area contributed by atoms with E-state index in [1.165, 1.54) is 24.1 Å². The first-order valence-electron chi connectivity index (χ1n) is 11.7. The summed E-state index contributed by atoms with van der Waals surface area (Å²) in [5, 5.41) is 12.9. The van der Waals surface area contributed by atoms with Gasteiger partial charge in [-0.15, -0.1) is 0 Å². The van der Waals surface area contributed by atoms with Crippen LogP contribution in [-0.4, -0.2) is 48.9 Å². The second-order valence-corrected chi connectivity index (χ2v) is 8.83. The largest absolute Gasteiger partial charge is 0.469 e. The normalized spacial score (nSPS) is 15.8. The Balaban J connectivity index is 1.86. The van der Waals surface area contributed by atoms with Crippen LogP contribution in [0.1, 0.15) is 35.2 Å². The number of hydrogen-bond acceptors (Lipinski definition) is 6. The van der Waals surface area contributed by atoms with Gasteiger partial charge in [0.2, 0.25) is 0 Å². The summed E-state index contributed by atoms with van der Waals surface area (Å²) in [6.07, 6.45) is -9.65. The topological polar surface area (TPSA) is 94.5 Å². The van der Waals surface area contributed by atoms with Crippen molar-refractivity contribution in [2.24, 2.45) is 0 Å². The number of carbonyl (C=O) groups is 2. The quantitative estimate of drug-likeness (QED) is 0.193. The zero-order valence-electron chi connectivity index (χ0n) is 21.0. The molecule has 1 fully saturated rings. The fourth-order valence-corrected chi connectivity index (χ4v) is 3.95. The Kier molecular flexibility index (Phi) is 8.92. The Morgan fingerprint density at radius 2 is 1.62 bits per heavy atom. The molecule has 7 nitrogen and oxygen atoms in total. The molecule has 3 N–H and O–H groups in total. The van der Waals surface area contributed by atoms with Gasteiger partial charge in [-0.25, -0.2) is 0 Å². The van der Waals surface area contributed by atoms with E-state index in [1.807, 2.05) is 0 Å². The number of benzene rings is 2. The molecule has 0 bridgehead atoms. The summed E-state index contributed by atoms with van der Waals surface area (Å²) in [4.78, 5) is 26.0. The van der Waals surface area contributed by atoms with Crippen molar-refractivity contribution >= 4 is 17.6 Å². The number of halogens is 6. The summed E-state index contributed by atoms with van der Waals surface area (Å²) >= 11 is 0. The molecule has 1 aliphatic heterocycles. The van der Waals surface area contributed by atoms with Crippen molar-refractivity contribution in [3.8, 4) is 0 Å². The van der Waals surface area contributed by atoms with Crippen LogP contribution in [0.15, 0.2) is 59.9 Å². The summed E-state index contributed by atoms with van der Waals surface area (Å²) in [6.45, 7) is 1.79. The maximum absolute atomic E-state index is 13.6. The Hall–Kier alpha value is -4.03. The molecule has 1 heterocycles. The van der Waals surface area contributed by atoms with E-state index >= 15 is 0 Å². The summed E-state index contributed by atoms with van der Waals surface area (Å²) in [5.41, 5.74) is -2.10. The van der Waals surface area contributed by atoms with Crippen LogP contribution >= 0.6 is 0 Å². The summed E-state index contributed by atoms with van der Waals surface area (Å²) < 4.78 is 84.1. The molecule has 2 aromatic carbocycles. The van der Waals surface area contributed by atoms with Gasteiger partial charge in [-0.3, -0.25) is 15.0 Å². The van der Waals surface area contributed by atoms with Crippen LogP contribution in [0, 0.1) is 5.41 Å². The molecule has 1 saturated heterocycles. The first-order chi connectivity index (χ1) is 18.2. The Bertz CT molecular complexity index is 1240. The minimum atomic E-state index is -5.14. The molecule has 1 atom stereocenters. The minimum absolute atomic E-state index is 0.0247. The fourth-order valence-electron chi connectivity index (χ4n) is 3.95. The van der Waals surface area contributed by atoms with Crippen molar-refractivity contribution < 1.29 is 40.7 Å². The van der Waals surface area contributed by atoms with E-state index in [-0.39, 0.29) is 31.9 Å². The van der Waals surface area contributed by atoms with Crippen molar-refractivity contribution in [2.75, 3.05) is 20.2 Å². The number of amides is 1. The molecule has 39 heavy (non-hydrogen) atoms. The van der Waals surface area contributed by atoms with Gasteiger partial charge in [0.25, 0.3) is 5.91 Å². The van der Waals surface area contributed by atoms with E-state index in [9.17, 15) is 35.9 Å². The lowest BCUT2D eigenvalue weighted by Gasteiger charge is -2.24. The zero-order chi connectivity index (χ0) is 29.0. The van der Waals surface area contributed by atoms with Crippen molar-refractivity contribution in [3.63, 3.8) is 0 Å². The van der Waals surface area contributed by atoms with Crippen LogP contribution in [0.4, 0.5) is 26.3 Å². The van der Waals surface area contributed by atoms with Gasteiger partial charge in [0, 0.05) is 19.6 Å². The molecule has 1 amide bonds. The smallest absolute Gasteiger partial charge is 0.433 e. The highest BCUT2D eigenvalue weighted by atomic mass is 19.4. The minimum Gasteiger partial charge on any atom is -0.469 e. The second kappa shape index (κ2) is 11.8. The lowest BCUT2D eigenvalue weighted by molar-refractivity contribution is -0.140. The maximum atomic E-state index is 13.6. The standard InChI is InChI=1S/C26H26F6N4O3/c1-15(18-7-3-16(4-8-18)13-20(37)39-2)35-24(38)21(22(33)26(30,31)32)23-34-11-12-36(23)14-17-5-9-19(10-6-17)25(27,28)29/h3-10,15,33-34H,11-14H2,1-2H3,(H,35,38)/b23-21-,33-22?. The Labute approximate surface area is 220 Å². The van der Waals surface area contributed by atoms with Crippen LogP contribution < -0.4 is 10.6 Å². The van der Waals surface area contributed by atoms with Crippen LogP contribution in [-0.2, 0) is 33.5 Å². The molecular weight excluding hydrogens is 530 g/mol. The second-order valence-electron chi connectivity index (χ2n) is 8.83. The molecule has 13 heteroatoms. The number of alkyl halides is 6. The molecule has 210 valence electrons. The van der Waals surface area contributed by atoms with E-state index in [2.05, 4.69) is 15.4 Å². The number of hydrogen-bond donors (Lipinski definition) is 3. The highest BCUT2D eigenvalue weighted by Crippen LogP contribution is 2.30. The highest BCUT2D eigenvalue weighted by molar-refractivity contribution is 6.23. The predicted molar refractivity (Wildman–Crippen MR) is 129 cm³/mol. The van der Waals surface area contributed by atoms with Gasteiger partial charge < -0.3 is 20.3 Å². The summed E-state index contributed by atoms with van der Waals surface area (Å²) in [5.74, 6) is -1.84. The first-order valence-corrected chi connectivity index (χ1v) is 11.7. The van der Waals surface area contributed by atoms with E-state index in [0.717, 1.165) is 12.1 Å². The third kappa shape index (κ3) is 7.52. The molecule has 0 spiro atoms. The number of methoxy groups -OCH3 is 1. The average molecular weight is 557 g/mol. The van der Waals surface area contributed by atoms with Crippen molar-refractivity contribution in [1.29, 1.82) is 5.41 Å². The van der Waals surface area contributed by atoms with E-state index in [4.69, 9.17) is 5.41 Å². The van der Waals surface area contributed by atoms with E-state index < -0.39 is 47.1 Å². The number of nitrogens with zero attached hydrogens (tertiary/aromatic N) is 1. The van der Waals surface area contributed by atoms with Crippen LogP contribution in [0.25, 0.3) is 0 Å². The Morgan fingerprint density at radius 3 is 2.15 bits per heavy atom. The van der Waals surface area contributed by atoms with Gasteiger partial charge in [0.1, 0.15) is 11.4 Å². The van der Waals surface area contributed by atoms with E-state index in [0.29, 0.717) is 16.7 Å². The monoisotopic (exact) mass is 556 g/mol. The lowest BCUT2D eigenvalue weighted by Crippen LogP contribution is -2.39. The van der Waals surface area contributed by atoms with Crippen LogP contribution in [0.5, 0.6) is 0 Å². The van der Waals surface area contributed by atoms with Crippen LogP contribution in [0.2, 0.25) is 0 Å². The van der Waals surface area contributed by atoms with E-state index in [1.54, 1.807) is 31.2 Å². The molecule has 0 aliphatic carbocycles. The molecule has 1 aliphatic rings. The maximum Gasteiger partial charge on any atom is 0.433 e. The molecular formula is C26H26F6N4O3. The molecule has 2 aromatic rings. The molecule has 0 saturated carbocycles. The molecule has 3 rings (SSSR count). The third-order valence-electron chi connectivity index (χ3n) is 6.05. The van der Waals surface area contributed by atoms with Crippen LogP contribution in [0.3, 0.4) is 0 Å². The van der Waals surface area contributed by atoms with Gasteiger partial charge in [-0.2, -0.15) is 26.3 Å². The number of esters is 1. The molecule has 0 radical (unpaired) electrons. The third-order valence-corrected chi connectivity index (χ3v) is 6.05. The number of rotatable bonds is 8. The number of carbonyl (C=O) groups excluding carboxylic acids is 2. The van der Waals surface area contributed by atoms with Crippen molar-refractivity contribution in [2.45, 2.75) is 38.3 Å². The Morgan fingerprint density at radius 1 is 1.03 bits per heavy atom. The fraction of sp³-hybridized carbons (Fsp3) is 0.346. The summed E-state index contributed by atoms with van der Waals surface area (Å²) in [6, 6.07) is 9.85. The molecule has 1 unspecified atom stereocenters. The van der Waals surface area contributed by atoms with Gasteiger partial charge in [-0.05, 0) is 35.7 Å². The number of ether oxygens (including phenoxy) is 1. The lowest BCUT2D eigenvalue weighted by atomic mass is 10.0. The highest BCUT2D eigenvalue weighted by Gasteiger charge is 2.42. The first kappa shape index (κ1) is 29.5. The van der Waals surface area contributed by atoms with Gasteiger partial charge in [-0.1, -0.05) is 36.4 Å². The number of nitrogens with one attached hydrogen (secondary N) is 3. The average Bonchev–Trinajstić information content (AvgIpc) is 3.31. The van der Waals surface area contributed by atoms with Gasteiger partial charge >= 0.3 is 18.3 Å². The van der Waals surface area contributed by atoms with Gasteiger partial charge in [0.05, 0.1) is 25.1 Å².